The van der Waals surface area contributed by atoms with E-state index < -0.39 is 0 Å². The fourth-order valence-corrected chi connectivity index (χ4v) is 3.87. The lowest BCUT2D eigenvalue weighted by molar-refractivity contribution is 0.0248. The van der Waals surface area contributed by atoms with E-state index in [9.17, 15) is 5.11 Å². The Balaban J connectivity index is 1.92. The third kappa shape index (κ3) is 3.69. The number of rotatable bonds is 3. The molecular weight excluding hydrogens is 210 g/mol. The van der Waals surface area contributed by atoms with E-state index in [1.54, 1.807) is 0 Å². The molecule has 0 aromatic heterocycles. The molecule has 100 valence electrons. The van der Waals surface area contributed by atoms with Gasteiger partial charge in [0, 0.05) is 18.6 Å². The smallest absolute Gasteiger partial charge is 0.0499 e. The number of aliphatic hydroxyl groups excluding tert-OH is 1. The summed E-state index contributed by atoms with van der Waals surface area (Å²) in [6.45, 7) is 6.42. The number of hydrogen-bond acceptors (Lipinski definition) is 2. The minimum Gasteiger partial charge on any atom is -0.396 e. The highest BCUT2D eigenvalue weighted by molar-refractivity contribution is 4.88. The van der Waals surface area contributed by atoms with Crippen molar-refractivity contribution in [2.24, 2.45) is 11.3 Å². The number of hydrogen-bond donors (Lipinski definition) is 1. The number of likely N-dealkylation sites (tertiary alicyclic amines) is 1. The van der Waals surface area contributed by atoms with Crippen LogP contribution in [0.1, 0.15) is 58.3 Å². The second-order valence-electron chi connectivity index (χ2n) is 6.55. The van der Waals surface area contributed by atoms with E-state index in [1.807, 2.05) is 0 Å². The van der Waals surface area contributed by atoms with E-state index in [-0.39, 0.29) is 5.41 Å². The summed E-state index contributed by atoms with van der Waals surface area (Å²) in [5, 5.41) is 9.83. The fraction of sp³-hybridized carbons (Fsp3) is 1.00. The summed E-state index contributed by atoms with van der Waals surface area (Å²) in [6, 6.07) is 0. The molecule has 2 nitrogen and oxygen atoms in total. The van der Waals surface area contributed by atoms with Gasteiger partial charge in [-0.1, -0.05) is 32.6 Å². The van der Waals surface area contributed by atoms with Crippen LogP contribution in [0.15, 0.2) is 0 Å². The van der Waals surface area contributed by atoms with Crippen LogP contribution in [0.3, 0.4) is 0 Å². The van der Waals surface area contributed by atoms with Crippen molar-refractivity contribution >= 4 is 0 Å². The summed E-state index contributed by atoms with van der Waals surface area (Å²) in [4.78, 5) is 2.63. The lowest BCUT2D eigenvalue weighted by Crippen LogP contribution is -2.43. The van der Waals surface area contributed by atoms with Crippen molar-refractivity contribution in [3.05, 3.63) is 0 Å². The molecule has 1 saturated carbocycles. The predicted molar refractivity (Wildman–Crippen MR) is 72.1 cm³/mol. The molecule has 1 aliphatic heterocycles. The summed E-state index contributed by atoms with van der Waals surface area (Å²) >= 11 is 0. The minimum atomic E-state index is 0.224. The van der Waals surface area contributed by atoms with E-state index in [0.717, 1.165) is 12.5 Å². The third-order valence-corrected chi connectivity index (χ3v) is 4.78. The standard InChI is InChI=1S/C15H29NO/c1-14-7-6-8-15(11-14,13-17)12-16-9-4-2-3-5-10-16/h14,17H,2-13H2,1H3. The van der Waals surface area contributed by atoms with Crippen LogP contribution in [0.4, 0.5) is 0 Å². The first-order chi connectivity index (χ1) is 8.24. The van der Waals surface area contributed by atoms with E-state index >= 15 is 0 Å². The number of nitrogens with zero attached hydrogens (tertiary/aromatic N) is 1. The van der Waals surface area contributed by atoms with E-state index in [0.29, 0.717) is 6.61 Å². The van der Waals surface area contributed by atoms with Gasteiger partial charge in [-0.15, -0.1) is 0 Å². The van der Waals surface area contributed by atoms with Gasteiger partial charge in [0.2, 0.25) is 0 Å². The van der Waals surface area contributed by atoms with Crippen LogP contribution in [0.5, 0.6) is 0 Å². The van der Waals surface area contributed by atoms with Crippen molar-refractivity contribution < 1.29 is 5.11 Å². The maximum absolute atomic E-state index is 9.83. The first-order valence-electron chi connectivity index (χ1n) is 7.57. The average molecular weight is 239 g/mol. The molecule has 2 heteroatoms. The van der Waals surface area contributed by atoms with Gasteiger partial charge in [-0.05, 0) is 44.7 Å². The number of aliphatic hydroxyl groups is 1. The van der Waals surface area contributed by atoms with Crippen LogP contribution in [-0.4, -0.2) is 36.2 Å². The topological polar surface area (TPSA) is 23.5 Å². The molecule has 0 radical (unpaired) electrons. The molecule has 2 fully saturated rings. The van der Waals surface area contributed by atoms with Crippen LogP contribution in [-0.2, 0) is 0 Å². The zero-order valence-corrected chi connectivity index (χ0v) is 11.5. The lowest BCUT2D eigenvalue weighted by Gasteiger charge is -2.42. The molecule has 0 aromatic rings. The second kappa shape index (κ2) is 6.19. The quantitative estimate of drug-likeness (QED) is 0.818. The maximum Gasteiger partial charge on any atom is 0.0499 e. The van der Waals surface area contributed by atoms with Crippen molar-refractivity contribution in [2.75, 3.05) is 26.2 Å². The molecule has 1 N–H and O–H groups in total. The molecule has 0 amide bonds. The molecule has 1 saturated heterocycles. The molecule has 0 aromatic carbocycles. The van der Waals surface area contributed by atoms with Gasteiger partial charge in [0.05, 0.1) is 0 Å². The van der Waals surface area contributed by atoms with Crippen LogP contribution in [0, 0.1) is 11.3 Å². The Morgan fingerprint density at radius 1 is 1.12 bits per heavy atom. The summed E-state index contributed by atoms with van der Waals surface area (Å²) < 4.78 is 0. The second-order valence-corrected chi connectivity index (χ2v) is 6.55. The zero-order chi connectivity index (χ0) is 12.1. The van der Waals surface area contributed by atoms with Gasteiger partial charge >= 0.3 is 0 Å². The van der Waals surface area contributed by atoms with Crippen molar-refractivity contribution in [1.82, 2.24) is 4.90 Å². The molecule has 2 rings (SSSR count). The van der Waals surface area contributed by atoms with Crippen LogP contribution < -0.4 is 0 Å². The predicted octanol–water partition coefficient (Wildman–Crippen LogP) is 3.05. The summed E-state index contributed by atoms with van der Waals surface area (Å²) in [5.74, 6) is 0.808. The fourth-order valence-electron chi connectivity index (χ4n) is 3.87. The van der Waals surface area contributed by atoms with Gasteiger partial charge in [-0.3, -0.25) is 0 Å². The Kier molecular flexibility index (Phi) is 4.87. The molecule has 0 bridgehead atoms. The monoisotopic (exact) mass is 239 g/mol. The van der Waals surface area contributed by atoms with Gasteiger partial charge in [-0.2, -0.15) is 0 Å². The highest BCUT2D eigenvalue weighted by Crippen LogP contribution is 2.39. The van der Waals surface area contributed by atoms with E-state index in [1.165, 1.54) is 64.5 Å². The Hall–Kier alpha value is -0.0800. The molecule has 2 atom stereocenters. The lowest BCUT2D eigenvalue weighted by atomic mass is 9.70. The normalized spacial score (nSPS) is 36.7. The Morgan fingerprint density at radius 2 is 1.82 bits per heavy atom. The average Bonchev–Trinajstić information content (AvgIpc) is 2.57. The maximum atomic E-state index is 9.83. The molecule has 0 spiro atoms. The minimum absolute atomic E-state index is 0.224. The Bertz CT molecular complexity index is 223. The van der Waals surface area contributed by atoms with Crippen LogP contribution in [0.2, 0.25) is 0 Å². The van der Waals surface area contributed by atoms with Gasteiger partial charge in [0.25, 0.3) is 0 Å². The van der Waals surface area contributed by atoms with E-state index in [2.05, 4.69) is 11.8 Å². The largest absolute Gasteiger partial charge is 0.396 e. The molecule has 1 aliphatic carbocycles. The van der Waals surface area contributed by atoms with Gasteiger partial charge in [0.1, 0.15) is 0 Å². The van der Waals surface area contributed by atoms with Crippen molar-refractivity contribution in [1.29, 1.82) is 0 Å². The van der Waals surface area contributed by atoms with Gasteiger partial charge in [-0.25, -0.2) is 0 Å². The Labute approximate surface area is 106 Å². The van der Waals surface area contributed by atoms with Crippen molar-refractivity contribution in [3.8, 4) is 0 Å². The zero-order valence-electron chi connectivity index (χ0n) is 11.5. The molecule has 2 unspecified atom stereocenters. The van der Waals surface area contributed by atoms with E-state index in [4.69, 9.17) is 0 Å². The first kappa shape index (κ1) is 13.4. The summed E-state index contributed by atoms with van der Waals surface area (Å²) in [5.41, 5.74) is 0.224. The highest BCUT2D eigenvalue weighted by Gasteiger charge is 2.35. The summed E-state index contributed by atoms with van der Waals surface area (Å²) in [7, 11) is 0. The third-order valence-electron chi connectivity index (χ3n) is 4.78. The first-order valence-corrected chi connectivity index (χ1v) is 7.57. The SMILES string of the molecule is CC1CCCC(CO)(CN2CCCCCC2)C1. The highest BCUT2D eigenvalue weighted by atomic mass is 16.3. The van der Waals surface area contributed by atoms with Crippen molar-refractivity contribution in [2.45, 2.75) is 58.3 Å². The van der Waals surface area contributed by atoms with Crippen LogP contribution in [0.25, 0.3) is 0 Å². The van der Waals surface area contributed by atoms with Gasteiger partial charge in [0.15, 0.2) is 0 Å². The molecular formula is C15H29NO. The van der Waals surface area contributed by atoms with Crippen LogP contribution >= 0.6 is 0 Å². The molecule has 1 heterocycles. The molecule has 17 heavy (non-hydrogen) atoms. The molecule has 2 aliphatic rings. The van der Waals surface area contributed by atoms with Gasteiger partial charge < -0.3 is 10.0 Å². The summed E-state index contributed by atoms with van der Waals surface area (Å²) in [6.07, 6.45) is 10.7. The Morgan fingerprint density at radius 3 is 2.41 bits per heavy atom. The van der Waals surface area contributed by atoms with Crippen molar-refractivity contribution in [3.63, 3.8) is 0 Å².